The number of aliphatic hydroxyl groups excluding tert-OH is 1. The van der Waals surface area contributed by atoms with Crippen molar-refractivity contribution in [3.05, 3.63) is 35.4 Å². The zero-order valence-electron chi connectivity index (χ0n) is 12.8. The molecule has 1 N–H and O–H groups in total. The Morgan fingerprint density at radius 1 is 1.05 bits per heavy atom. The van der Waals surface area contributed by atoms with E-state index in [9.17, 15) is 4.79 Å². The lowest BCUT2D eigenvalue weighted by Gasteiger charge is -2.17. The van der Waals surface area contributed by atoms with Gasteiger partial charge in [0.2, 0.25) is 0 Å². The van der Waals surface area contributed by atoms with E-state index in [-0.39, 0.29) is 12.5 Å². The van der Waals surface area contributed by atoms with Crippen molar-refractivity contribution in [1.82, 2.24) is 9.80 Å². The van der Waals surface area contributed by atoms with Crippen LogP contribution in [0.5, 0.6) is 0 Å². The lowest BCUT2D eigenvalue weighted by molar-refractivity contribution is 0.0792. The summed E-state index contributed by atoms with van der Waals surface area (Å²) >= 11 is 0. The lowest BCUT2D eigenvalue weighted by Crippen LogP contribution is -2.27. The van der Waals surface area contributed by atoms with Crippen molar-refractivity contribution >= 4 is 5.91 Å². The maximum Gasteiger partial charge on any atom is 0.253 e. The van der Waals surface area contributed by atoms with Crippen molar-refractivity contribution in [2.24, 2.45) is 0 Å². The van der Waals surface area contributed by atoms with Crippen LogP contribution in [0.1, 0.15) is 35.2 Å². The standard InChI is InChI=1S/C16H26N2O2/c1-17(2)13-14-7-9-15(10-8-14)16(20)18(3)11-5-4-6-12-19/h7-10,19H,4-6,11-13H2,1-3H3. The van der Waals surface area contributed by atoms with Crippen molar-refractivity contribution < 1.29 is 9.90 Å². The summed E-state index contributed by atoms with van der Waals surface area (Å²) in [6, 6.07) is 7.80. The van der Waals surface area contributed by atoms with Crippen LogP contribution in [0, 0.1) is 0 Å². The highest BCUT2D eigenvalue weighted by Gasteiger charge is 2.11. The number of carbonyl (C=O) groups is 1. The fraction of sp³-hybridized carbons (Fsp3) is 0.562. The van der Waals surface area contributed by atoms with Gasteiger partial charge in [-0.2, -0.15) is 0 Å². The summed E-state index contributed by atoms with van der Waals surface area (Å²) in [6.07, 6.45) is 2.69. The van der Waals surface area contributed by atoms with Crippen molar-refractivity contribution in [3.63, 3.8) is 0 Å². The molecule has 0 aromatic heterocycles. The van der Waals surface area contributed by atoms with E-state index >= 15 is 0 Å². The fourth-order valence-corrected chi connectivity index (χ4v) is 2.08. The van der Waals surface area contributed by atoms with Gasteiger partial charge < -0.3 is 14.9 Å². The van der Waals surface area contributed by atoms with Gasteiger partial charge in [0.1, 0.15) is 0 Å². The highest BCUT2D eigenvalue weighted by Crippen LogP contribution is 2.09. The number of benzene rings is 1. The average Bonchev–Trinajstić information content (AvgIpc) is 2.43. The van der Waals surface area contributed by atoms with Crippen molar-refractivity contribution in [1.29, 1.82) is 0 Å². The topological polar surface area (TPSA) is 43.8 Å². The normalized spacial score (nSPS) is 10.8. The summed E-state index contributed by atoms with van der Waals surface area (Å²) in [5.41, 5.74) is 1.94. The van der Waals surface area contributed by atoms with Crippen LogP contribution in [0.2, 0.25) is 0 Å². The summed E-state index contributed by atoms with van der Waals surface area (Å²) in [4.78, 5) is 16.1. The Morgan fingerprint density at radius 2 is 1.70 bits per heavy atom. The first-order chi connectivity index (χ1) is 9.54. The molecule has 0 fully saturated rings. The largest absolute Gasteiger partial charge is 0.396 e. The maximum absolute atomic E-state index is 12.2. The molecule has 0 atom stereocenters. The fourth-order valence-electron chi connectivity index (χ4n) is 2.08. The molecule has 0 aliphatic carbocycles. The molecule has 0 aliphatic heterocycles. The third kappa shape index (κ3) is 5.72. The Morgan fingerprint density at radius 3 is 2.25 bits per heavy atom. The molecule has 112 valence electrons. The molecule has 20 heavy (non-hydrogen) atoms. The third-order valence-corrected chi connectivity index (χ3v) is 3.20. The molecule has 1 rings (SSSR count). The zero-order chi connectivity index (χ0) is 15.0. The summed E-state index contributed by atoms with van der Waals surface area (Å²) in [5.74, 6) is 0.0606. The Hall–Kier alpha value is -1.39. The van der Waals surface area contributed by atoms with Gasteiger partial charge in [-0.1, -0.05) is 12.1 Å². The van der Waals surface area contributed by atoms with Crippen LogP contribution < -0.4 is 0 Å². The second-order valence-corrected chi connectivity index (χ2v) is 5.45. The maximum atomic E-state index is 12.2. The highest BCUT2D eigenvalue weighted by molar-refractivity contribution is 5.94. The Bertz CT molecular complexity index is 401. The van der Waals surface area contributed by atoms with Gasteiger partial charge in [-0.15, -0.1) is 0 Å². The first-order valence-electron chi connectivity index (χ1n) is 7.14. The summed E-state index contributed by atoms with van der Waals surface area (Å²) < 4.78 is 0. The first-order valence-corrected chi connectivity index (χ1v) is 7.14. The quantitative estimate of drug-likeness (QED) is 0.740. The van der Waals surface area contributed by atoms with Gasteiger partial charge in [-0.05, 0) is 51.1 Å². The zero-order valence-corrected chi connectivity index (χ0v) is 12.8. The number of unbranched alkanes of at least 4 members (excludes halogenated alkanes) is 2. The molecule has 1 aromatic rings. The van der Waals surface area contributed by atoms with Gasteiger partial charge in [0.05, 0.1) is 0 Å². The predicted octanol–water partition coefficient (Wildman–Crippen LogP) is 1.98. The molecule has 0 unspecified atom stereocenters. The second kappa shape index (κ2) is 8.72. The number of hydrogen-bond acceptors (Lipinski definition) is 3. The highest BCUT2D eigenvalue weighted by atomic mass is 16.2. The Labute approximate surface area is 122 Å². The van der Waals surface area contributed by atoms with Crippen LogP contribution >= 0.6 is 0 Å². The number of aliphatic hydroxyl groups is 1. The second-order valence-electron chi connectivity index (χ2n) is 5.45. The van der Waals surface area contributed by atoms with E-state index in [2.05, 4.69) is 4.90 Å². The molecule has 0 bridgehead atoms. The van der Waals surface area contributed by atoms with Crippen LogP contribution in [-0.4, -0.2) is 55.1 Å². The molecule has 1 amide bonds. The van der Waals surface area contributed by atoms with Crippen LogP contribution in [0.25, 0.3) is 0 Å². The number of rotatable bonds is 8. The van der Waals surface area contributed by atoms with Gasteiger partial charge in [0.15, 0.2) is 0 Å². The molecule has 0 spiro atoms. The van der Waals surface area contributed by atoms with Gasteiger partial charge >= 0.3 is 0 Å². The SMILES string of the molecule is CN(C)Cc1ccc(C(=O)N(C)CCCCCO)cc1. The molecule has 1 aromatic carbocycles. The summed E-state index contributed by atoms with van der Waals surface area (Å²) in [7, 11) is 5.88. The average molecular weight is 278 g/mol. The number of hydrogen-bond donors (Lipinski definition) is 1. The van der Waals surface area contributed by atoms with E-state index < -0.39 is 0 Å². The van der Waals surface area contributed by atoms with Gasteiger partial charge in [-0.3, -0.25) is 4.79 Å². The molecular weight excluding hydrogens is 252 g/mol. The molecule has 0 saturated carbocycles. The van der Waals surface area contributed by atoms with Crippen LogP contribution in [-0.2, 0) is 6.54 Å². The first kappa shape index (κ1) is 16.7. The van der Waals surface area contributed by atoms with Crippen LogP contribution in [0.3, 0.4) is 0 Å². The molecule has 0 saturated heterocycles. The number of nitrogens with zero attached hydrogens (tertiary/aromatic N) is 2. The van der Waals surface area contributed by atoms with Crippen molar-refractivity contribution in [3.8, 4) is 0 Å². The molecule has 4 nitrogen and oxygen atoms in total. The Kier molecular flexibility index (Phi) is 7.26. The summed E-state index contributed by atoms with van der Waals surface area (Å²) in [6.45, 7) is 1.84. The van der Waals surface area contributed by atoms with E-state index in [1.54, 1.807) is 4.90 Å². The molecule has 0 radical (unpaired) electrons. The molecule has 0 heterocycles. The summed E-state index contributed by atoms with van der Waals surface area (Å²) in [5, 5.41) is 8.72. The van der Waals surface area contributed by atoms with Gasteiger partial charge in [0.25, 0.3) is 5.91 Å². The monoisotopic (exact) mass is 278 g/mol. The predicted molar refractivity (Wildman–Crippen MR) is 81.7 cm³/mol. The Balaban J connectivity index is 2.49. The van der Waals surface area contributed by atoms with Crippen molar-refractivity contribution in [2.45, 2.75) is 25.8 Å². The van der Waals surface area contributed by atoms with E-state index in [4.69, 9.17) is 5.11 Å². The van der Waals surface area contributed by atoms with E-state index in [0.717, 1.165) is 37.9 Å². The third-order valence-electron chi connectivity index (χ3n) is 3.20. The minimum Gasteiger partial charge on any atom is -0.396 e. The van der Waals surface area contributed by atoms with Crippen molar-refractivity contribution in [2.75, 3.05) is 34.3 Å². The molecular formula is C16H26N2O2. The van der Waals surface area contributed by atoms with E-state index in [1.807, 2.05) is 45.4 Å². The van der Waals surface area contributed by atoms with Crippen LogP contribution in [0.4, 0.5) is 0 Å². The number of amides is 1. The minimum absolute atomic E-state index is 0.0606. The smallest absolute Gasteiger partial charge is 0.253 e. The van der Waals surface area contributed by atoms with Crippen LogP contribution in [0.15, 0.2) is 24.3 Å². The lowest BCUT2D eigenvalue weighted by atomic mass is 10.1. The molecule has 4 heteroatoms. The minimum atomic E-state index is 0.0606. The van der Waals surface area contributed by atoms with E-state index in [0.29, 0.717) is 0 Å². The van der Waals surface area contributed by atoms with Gasteiger partial charge in [0, 0.05) is 32.3 Å². The molecule has 0 aliphatic rings. The van der Waals surface area contributed by atoms with E-state index in [1.165, 1.54) is 5.56 Å². The number of carbonyl (C=O) groups excluding carboxylic acids is 1. The van der Waals surface area contributed by atoms with Gasteiger partial charge in [-0.25, -0.2) is 0 Å².